The fourth-order valence-corrected chi connectivity index (χ4v) is 2.17. The van der Waals surface area contributed by atoms with Crippen LogP contribution in [0.2, 0.25) is 0 Å². The summed E-state index contributed by atoms with van der Waals surface area (Å²) >= 11 is 0. The Hall–Kier alpha value is -1.83. The van der Waals surface area contributed by atoms with Gasteiger partial charge in [0.1, 0.15) is 5.82 Å². The van der Waals surface area contributed by atoms with Crippen LogP contribution in [0.1, 0.15) is 51.3 Å². The molecule has 0 bridgehead atoms. The first-order chi connectivity index (χ1) is 10.2. The number of benzene rings is 1. The molecule has 0 amide bonds. The monoisotopic (exact) mass is 284 g/mol. The maximum absolute atomic E-state index is 4.37. The Kier molecular flexibility index (Phi) is 7.52. The summed E-state index contributed by atoms with van der Waals surface area (Å²) in [6.07, 6.45) is 2.96. The van der Waals surface area contributed by atoms with Gasteiger partial charge in [0.15, 0.2) is 0 Å². The number of nitrogens with zero attached hydrogens (tertiary/aromatic N) is 1. The zero-order valence-electron chi connectivity index (χ0n) is 13.9. The summed E-state index contributed by atoms with van der Waals surface area (Å²) in [5.74, 6) is 1.50. The molecular formula is C19H28N2. The maximum Gasteiger partial charge on any atom is 0.126 e. The first-order valence-corrected chi connectivity index (χ1v) is 7.95. The van der Waals surface area contributed by atoms with E-state index in [1.807, 2.05) is 38.2 Å². The zero-order chi connectivity index (χ0) is 15.7. The molecule has 0 aliphatic rings. The Morgan fingerprint density at radius 2 is 1.71 bits per heavy atom. The molecule has 21 heavy (non-hydrogen) atoms. The number of aromatic nitrogens is 1. The number of pyridine rings is 1. The normalized spacial score (nSPS) is 12.8. The van der Waals surface area contributed by atoms with E-state index in [1.54, 1.807) is 0 Å². The molecule has 2 heteroatoms. The molecule has 0 spiro atoms. The van der Waals surface area contributed by atoms with Crippen LogP contribution in [0.15, 0.2) is 48.7 Å². The van der Waals surface area contributed by atoms with E-state index in [-0.39, 0.29) is 0 Å². The third kappa shape index (κ3) is 5.22. The molecule has 2 unspecified atom stereocenters. The summed E-state index contributed by atoms with van der Waals surface area (Å²) in [5.41, 5.74) is 2.62. The van der Waals surface area contributed by atoms with Gasteiger partial charge in [-0.1, -0.05) is 70.0 Å². The number of hydrogen-bond donors (Lipinski definition) is 1. The van der Waals surface area contributed by atoms with E-state index in [0.717, 1.165) is 12.2 Å². The summed E-state index contributed by atoms with van der Waals surface area (Å²) in [7, 11) is 0. The summed E-state index contributed by atoms with van der Waals surface area (Å²) in [6.45, 7) is 10.6. The van der Waals surface area contributed by atoms with E-state index < -0.39 is 0 Å². The molecule has 1 N–H and O–H groups in total. The summed E-state index contributed by atoms with van der Waals surface area (Å²) in [5, 5.41) is 3.55. The van der Waals surface area contributed by atoms with Crippen molar-refractivity contribution in [1.82, 2.24) is 4.98 Å². The highest BCUT2D eigenvalue weighted by atomic mass is 15.0. The molecule has 2 aromatic rings. The van der Waals surface area contributed by atoms with Crippen LogP contribution >= 0.6 is 0 Å². The largest absolute Gasteiger partial charge is 0.363 e. The first kappa shape index (κ1) is 17.2. The van der Waals surface area contributed by atoms with Crippen LogP contribution in [-0.4, -0.2) is 4.98 Å². The van der Waals surface area contributed by atoms with Crippen LogP contribution in [0.4, 0.5) is 5.82 Å². The van der Waals surface area contributed by atoms with Crippen molar-refractivity contribution >= 4 is 5.82 Å². The lowest BCUT2D eigenvalue weighted by Crippen LogP contribution is -2.19. The highest BCUT2D eigenvalue weighted by Gasteiger charge is 2.18. The van der Waals surface area contributed by atoms with Gasteiger partial charge < -0.3 is 5.32 Å². The molecule has 2 rings (SSSR count). The first-order valence-electron chi connectivity index (χ1n) is 7.95. The van der Waals surface area contributed by atoms with E-state index >= 15 is 0 Å². The molecule has 0 saturated carbocycles. The van der Waals surface area contributed by atoms with E-state index in [4.69, 9.17) is 0 Å². The molecule has 0 radical (unpaired) electrons. The Labute approximate surface area is 129 Å². The van der Waals surface area contributed by atoms with E-state index in [1.165, 1.54) is 11.1 Å². The number of anilines is 1. The average Bonchev–Trinajstić information content (AvgIpc) is 2.56. The van der Waals surface area contributed by atoms with Crippen molar-refractivity contribution in [3.8, 4) is 0 Å². The minimum absolute atomic E-state index is 0.306. The van der Waals surface area contributed by atoms with Crippen molar-refractivity contribution in [2.24, 2.45) is 5.92 Å². The summed E-state index contributed by atoms with van der Waals surface area (Å²) < 4.78 is 0. The number of nitrogens with one attached hydrogen (secondary N) is 1. The van der Waals surface area contributed by atoms with Gasteiger partial charge in [0.05, 0.1) is 6.04 Å². The highest BCUT2D eigenvalue weighted by Crippen LogP contribution is 2.28. The van der Waals surface area contributed by atoms with E-state index in [0.29, 0.717) is 12.0 Å². The average molecular weight is 284 g/mol. The van der Waals surface area contributed by atoms with Crippen molar-refractivity contribution in [2.45, 2.75) is 47.1 Å². The third-order valence-electron chi connectivity index (χ3n) is 3.62. The second-order valence-electron chi connectivity index (χ2n) is 5.13. The topological polar surface area (TPSA) is 24.9 Å². The minimum Gasteiger partial charge on any atom is -0.363 e. The standard InChI is InChI=1S/C17H22N2.C2H6/c1-4-14(3)17(15-10-8-13(2)9-11-15)19-16-7-5-6-12-18-16;1-2/h5-12,14,17H,4H2,1-3H3,(H,18,19);1-2H3. The van der Waals surface area contributed by atoms with Crippen molar-refractivity contribution in [1.29, 1.82) is 0 Å². The van der Waals surface area contributed by atoms with Crippen LogP contribution in [0.5, 0.6) is 0 Å². The number of aryl methyl sites for hydroxylation is 1. The fraction of sp³-hybridized carbons (Fsp3) is 0.421. The predicted molar refractivity (Wildman–Crippen MR) is 92.6 cm³/mol. The van der Waals surface area contributed by atoms with Crippen LogP contribution in [0.3, 0.4) is 0 Å². The molecular weight excluding hydrogens is 256 g/mol. The molecule has 0 fully saturated rings. The second-order valence-corrected chi connectivity index (χ2v) is 5.13. The molecule has 1 aromatic heterocycles. The molecule has 0 saturated heterocycles. The van der Waals surface area contributed by atoms with Gasteiger partial charge in [-0.05, 0) is 30.5 Å². The van der Waals surface area contributed by atoms with Crippen LogP contribution in [0, 0.1) is 12.8 Å². The van der Waals surface area contributed by atoms with Gasteiger partial charge in [0.2, 0.25) is 0 Å². The second kappa shape index (κ2) is 9.17. The van der Waals surface area contributed by atoms with Gasteiger partial charge in [0, 0.05) is 6.20 Å². The molecule has 0 aliphatic carbocycles. The number of rotatable bonds is 5. The minimum atomic E-state index is 0.306. The lowest BCUT2D eigenvalue weighted by atomic mass is 9.92. The van der Waals surface area contributed by atoms with Crippen LogP contribution < -0.4 is 5.32 Å². The molecule has 2 atom stereocenters. The smallest absolute Gasteiger partial charge is 0.126 e. The van der Waals surface area contributed by atoms with Crippen molar-refractivity contribution in [3.63, 3.8) is 0 Å². The number of hydrogen-bond acceptors (Lipinski definition) is 2. The zero-order valence-corrected chi connectivity index (χ0v) is 13.9. The Bertz CT molecular complexity index is 491. The SMILES string of the molecule is CC.CCC(C)C(Nc1ccccn1)c1ccc(C)cc1. The van der Waals surface area contributed by atoms with Gasteiger partial charge in [0.25, 0.3) is 0 Å². The lowest BCUT2D eigenvalue weighted by molar-refractivity contribution is 0.481. The van der Waals surface area contributed by atoms with Crippen molar-refractivity contribution in [2.75, 3.05) is 5.32 Å². The van der Waals surface area contributed by atoms with Crippen molar-refractivity contribution < 1.29 is 0 Å². The van der Waals surface area contributed by atoms with Gasteiger partial charge >= 0.3 is 0 Å². The third-order valence-corrected chi connectivity index (χ3v) is 3.62. The predicted octanol–water partition coefficient (Wildman–Crippen LogP) is 5.62. The van der Waals surface area contributed by atoms with Crippen LogP contribution in [-0.2, 0) is 0 Å². The van der Waals surface area contributed by atoms with Crippen molar-refractivity contribution in [3.05, 3.63) is 59.8 Å². The molecule has 114 valence electrons. The molecule has 1 heterocycles. The maximum atomic E-state index is 4.37. The fourth-order valence-electron chi connectivity index (χ4n) is 2.17. The Morgan fingerprint density at radius 3 is 2.24 bits per heavy atom. The van der Waals surface area contributed by atoms with Gasteiger partial charge in [-0.25, -0.2) is 4.98 Å². The highest BCUT2D eigenvalue weighted by molar-refractivity contribution is 5.38. The summed E-state index contributed by atoms with van der Waals surface area (Å²) in [6, 6.07) is 15.0. The van der Waals surface area contributed by atoms with Crippen LogP contribution in [0.25, 0.3) is 0 Å². The Morgan fingerprint density at radius 1 is 1.05 bits per heavy atom. The van der Waals surface area contributed by atoms with Gasteiger partial charge in [-0.3, -0.25) is 0 Å². The van der Waals surface area contributed by atoms with Gasteiger partial charge in [-0.2, -0.15) is 0 Å². The summed E-state index contributed by atoms with van der Waals surface area (Å²) in [4.78, 5) is 4.37. The lowest BCUT2D eigenvalue weighted by Gasteiger charge is -2.25. The molecule has 1 aromatic carbocycles. The van der Waals surface area contributed by atoms with E-state index in [2.05, 4.69) is 55.3 Å². The quantitative estimate of drug-likeness (QED) is 0.771. The Balaban J connectivity index is 0.00000106. The van der Waals surface area contributed by atoms with Gasteiger partial charge in [-0.15, -0.1) is 0 Å². The van der Waals surface area contributed by atoms with E-state index in [9.17, 15) is 0 Å². The molecule has 2 nitrogen and oxygen atoms in total. The molecule has 0 aliphatic heterocycles.